The molecule has 1 atom stereocenters. The Morgan fingerprint density at radius 2 is 1.94 bits per heavy atom. The maximum absolute atomic E-state index is 12.5. The topological polar surface area (TPSA) is 72.3 Å². The Morgan fingerprint density at radius 3 is 2.61 bits per heavy atom. The quantitative estimate of drug-likeness (QED) is 0.480. The van der Waals surface area contributed by atoms with Crippen molar-refractivity contribution >= 4 is 23.4 Å². The number of hydrogen-bond donors (Lipinski definition) is 1. The van der Waals surface area contributed by atoms with Gasteiger partial charge in [0.25, 0.3) is 0 Å². The van der Waals surface area contributed by atoms with Crippen LogP contribution in [-0.2, 0) is 11.3 Å². The van der Waals surface area contributed by atoms with Gasteiger partial charge in [-0.1, -0.05) is 55.1 Å². The fourth-order valence-electron chi connectivity index (χ4n) is 3.37. The van der Waals surface area contributed by atoms with Gasteiger partial charge in [0, 0.05) is 11.8 Å². The summed E-state index contributed by atoms with van der Waals surface area (Å²) in [5.74, 6) is 1.75. The van der Waals surface area contributed by atoms with Crippen LogP contribution >= 0.6 is 11.8 Å². The first-order valence-corrected chi connectivity index (χ1v) is 11.2. The lowest BCUT2D eigenvalue weighted by atomic mass is 10.2. The minimum atomic E-state index is -0.103. The van der Waals surface area contributed by atoms with Crippen molar-refractivity contribution in [3.05, 3.63) is 66.0 Å². The lowest BCUT2D eigenvalue weighted by Gasteiger charge is -2.23. The first-order valence-electron chi connectivity index (χ1n) is 10.2. The third-order valence-corrected chi connectivity index (χ3v) is 5.89. The van der Waals surface area contributed by atoms with Gasteiger partial charge >= 0.3 is 0 Å². The van der Waals surface area contributed by atoms with Crippen molar-refractivity contribution in [2.45, 2.75) is 31.1 Å². The Bertz CT molecular complexity index is 991. The lowest BCUT2D eigenvalue weighted by molar-refractivity contribution is -0.113. The fraction of sp³-hybridized carbons (Fsp3) is 0.348. The molecule has 0 saturated carbocycles. The van der Waals surface area contributed by atoms with Gasteiger partial charge < -0.3 is 14.6 Å². The van der Waals surface area contributed by atoms with Crippen molar-refractivity contribution < 1.29 is 9.53 Å². The highest BCUT2D eigenvalue weighted by molar-refractivity contribution is 7.99. The van der Waals surface area contributed by atoms with E-state index in [1.165, 1.54) is 17.3 Å². The Morgan fingerprint density at radius 1 is 1.16 bits per heavy atom. The predicted octanol–water partition coefficient (Wildman–Crippen LogP) is 4.08. The van der Waals surface area contributed by atoms with Crippen LogP contribution in [0.4, 0.5) is 5.69 Å². The van der Waals surface area contributed by atoms with Gasteiger partial charge in [-0.2, -0.15) is 0 Å². The number of anilines is 1. The zero-order valence-corrected chi connectivity index (χ0v) is 19.2. The van der Waals surface area contributed by atoms with Gasteiger partial charge in [-0.25, -0.2) is 0 Å². The molecule has 3 rings (SSSR count). The molecule has 0 aliphatic carbocycles. The molecule has 164 valence electrons. The molecule has 0 aliphatic heterocycles. The van der Waals surface area contributed by atoms with E-state index in [9.17, 15) is 4.79 Å². The van der Waals surface area contributed by atoms with E-state index in [-0.39, 0.29) is 17.7 Å². The Balaban J connectivity index is 1.76. The van der Waals surface area contributed by atoms with Crippen LogP contribution in [0.25, 0.3) is 0 Å². The first kappa shape index (κ1) is 22.8. The van der Waals surface area contributed by atoms with Gasteiger partial charge in [0.15, 0.2) is 11.0 Å². The lowest BCUT2D eigenvalue weighted by Crippen LogP contribution is -2.23. The monoisotopic (exact) mass is 439 g/mol. The zero-order valence-electron chi connectivity index (χ0n) is 18.4. The van der Waals surface area contributed by atoms with Crippen molar-refractivity contribution in [3.8, 4) is 5.75 Å². The van der Waals surface area contributed by atoms with Gasteiger partial charge in [-0.15, -0.1) is 10.2 Å². The number of thioether (sulfide) groups is 1. The summed E-state index contributed by atoms with van der Waals surface area (Å²) in [4.78, 5) is 14.7. The summed E-state index contributed by atoms with van der Waals surface area (Å²) in [5, 5.41) is 12.6. The number of ether oxygens (including phenoxy) is 1. The van der Waals surface area contributed by atoms with E-state index in [1.807, 2.05) is 50.5 Å². The van der Waals surface area contributed by atoms with Gasteiger partial charge in [0.2, 0.25) is 5.91 Å². The zero-order chi connectivity index (χ0) is 22.2. The second-order valence-corrected chi connectivity index (χ2v) is 8.31. The Kier molecular flexibility index (Phi) is 8.08. The van der Waals surface area contributed by atoms with E-state index in [0.29, 0.717) is 18.0 Å². The van der Waals surface area contributed by atoms with Crippen molar-refractivity contribution in [1.29, 1.82) is 0 Å². The molecule has 7 nitrogen and oxygen atoms in total. The number of benzene rings is 2. The summed E-state index contributed by atoms with van der Waals surface area (Å²) in [5.41, 5.74) is 1.87. The summed E-state index contributed by atoms with van der Waals surface area (Å²) in [6, 6.07) is 17.7. The van der Waals surface area contributed by atoms with E-state index in [4.69, 9.17) is 4.74 Å². The molecular formula is C23H29N5O2S. The molecular weight excluding hydrogens is 410 g/mol. The number of nitrogens with zero attached hydrogens (tertiary/aromatic N) is 4. The van der Waals surface area contributed by atoms with Gasteiger partial charge in [-0.3, -0.25) is 9.69 Å². The number of amides is 1. The summed E-state index contributed by atoms with van der Waals surface area (Å²) >= 11 is 1.39. The molecule has 1 N–H and O–H groups in total. The molecule has 1 amide bonds. The number of hydrogen-bond acceptors (Lipinski definition) is 6. The smallest absolute Gasteiger partial charge is 0.234 e. The molecule has 0 radical (unpaired) electrons. The highest BCUT2D eigenvalue weighted by atomic mass is 32.2. The highest BCUT2D eigenvalue weighted by Crippen LogP contribution is 2.26. The summed E-state index contributed by atoms with van der Waals surface area (Å²) in [6.45, 7) is 2.80. The molecule has 3 aromatic rings. The van der Waals surface area contributed by atoms with Crippen LogP contribution in [0.15, 0.2) is 59.8 Å². The molecule has 0 aliphatic rings. The third kappa shape index (κ3) is 6.08. The average Bonchev–Trinajstić information content (AvgIpc) is 3.15. The largest absolute Gasteiger partial charge is 0.497 e. The van der Waals surface area contributed by atoms with Crippen LogP contribution in [0.3, 0.4) is 0 Å². The minimum Gasteiger partial charge on any atom is -0.497 e. The molecule has 1 aromatic heterocycles. The van der Waals surface area contributed by atoms with Crippen molar-refractivity contribution in [2.75, 3.05) is 32.3 Å². The molecule has 31 heavy (non-hydrogen) atoms. The summed E-state index contributed by atoms with van der Waals surface area (Å²) < 4.78 is 7.33. The van der Waals surface area contributed by atoms with Crippen LogP contribution < -0.4 is 10.1 Å². The van der Waals surface area contributed by atoms with E-state index in [2.05, 4.69) is 44.0 Å². The SMILES string of the molecule is CC[C@@H](c1nnc(SCC(=O)Nc2cccc(OC)c2)n1Cc1ccccc1)N(C)C. The second-order valence-electron chi connectivity index (χ2n) is 7.37. The number of carbonyl (C=O) groups excluding carboxylic acids is 1. The normalized spacial score (nSPS) is 12.0. The van der Waals surface area contributed by atoms with E-state index < -0.39 is 0 Å². The van der Waals surface area contributed by atoms with Gasteiger partial charge in [-0.05, 0) is 38.2 Å². The maximum Gasteiger partial charge on any atom is 0.234 e. The van der Waals surface area contributed by atoms with E-state index in [0.717, 1.165) is 17.4 Å². The molecule has 0 saturated heterocycles. The van der Waals surface area contributed by atoms with Crippen LogP contribution in [0.1, 0.15) is 30.8 Å². The van der Waals surface area contributed by atoms with Crippen molar-refractivity contribution in [3.63, 3.8) is 0 Å². The second kappa shape index (κ2) is 11.0. The van der Waals surface area contributed by atoms with Crippen LogP contribution in [-0.4, -0.2) is 52.5 Å². The summed E-state index contributed by atoms with van der Waals surface area (Å²) in [6.07, 6.45) is 0.918. The number of nitrogens with one attached hydrogen (secondary N) is 1. The van der Waals surface area contributed by atoms with Crippen LogP contribution in [0.5, 0.6) is 5.75 Å². The molecule has 0 unspecified atom stereocenters. The van der Waals surface area contributed by atoms with E-state index in [1.54, 1.807) is 13.2 Å². The average molecular weight is 440 g/mol. The highest BCUT2D eigenvalue weighted by Gasteiger charge is 2.22. The van der Waals surface area contributed by atoms with E-state index >= 15 is 0 Å². The van der Waals surface area contributed by atoms with Crippen molar-refractivity contribution in [1.82, 2.24) is 19.7 Å². The minimum absolute atomic E-state index is 0.103. The molecule has 2 aromatic carbocycles. The molecule has 0 bridgehead atoms. The number of rotatable bonds is 10. The number of carbonyl (C=O) groups is 1. The third-order valence-electron chi connectivity index (χ3n) is 4.92. The summed E-state index contributed by atoms with van der Waals surface area (Å²) in [7, 11) is 5.69. The molecule has 0 fully saturated rings. The fourth-order valence-corrected chi connectivity index (χ4v) is 4.12. The standard InChI is InChI=1S/C23H29N5O2S/c1-5-20(27(2)3)22-25-26-23(28(22)15-17-10-7-6-8-11-17)31-16-21(29)24-18-12-9-13-19(14-18)30-4/h6-14,20H,5,15-16H2,1-4H3,(H,24,29)/t20-/m0/s1. The van der Waals surface area contributed by atoms with Crippen LogP contribution in [0, 0.1) is 0 Å². The first-order chi connectivity index (χ1) is 15.0. The number of aromatic nitrogens is 3. The maximum atomic E-state index is 12.5. The predicted molar refractivity (Wildman–Crippen MR) is 125 cm³/mol. The number of methoxy groups -OCH3 is 1. The molecule has 8 heteroatoms. The Hall–Kier alpha value is -2.84. The van der Waals surface area contributed by atoms with Gasteiger partial charge in [0.05, 0.1) is 25.4 Å². The Labute approximate surface area is 187 Å². The van der Waals surface area contributed by atoms with Crippen LogP contribution in [0.2, 0.25) is 0 Å². The van der Waals surface area contributed by atoms with Gasteiger partial charge in [0.1, 0.15) is 5.75 Å². The molecule has 0 spiro atoms. The van der Waals surface area contributed by atoms with Crippen molar-refractivity contribution in [2.24, 2.45) is 0 Å². The molecule has 1 heterocycles.